The van der Waals surface area contributed by atoms with Crippen molar-refractivity contribution >= 4 is 22.1 Å². The Kier molecular flexibility index (Phi) is 6.89. The van der Waals surface area contributed by atoms with Crippen LogP contribution in [0.1, 0.15) is 22.8 Å². The van der Waals surface area contributed by atoms with E-state index in [0.717, 1.165) is 115 Å². The molecule has 8 bridgehead atoms. The molecule has 0 amide bonds. The number of H-pyrrole nitrogens is 2. The molecule has 0 saturated carbocycles. The fourth-order valence-corrected chi connectivity index (χ4v) is 7.07. The number of aromatic amines is 2. The van der Waals surface area contributed by atoms with Gasteiger partial charge in [-0.1, -0.05) is 24.3 Å². The first-order valence-corrected chi connectivity index (χ1v) is 16.2. The van der Waals surface area contributed by atoms with Crippen LogP contribution in [0.2, 0.25) is 0 Å². The number of pyridine rings is 4. The Morgan fingerprint density at radius 1 is 0.354 bits per heavy atom. The predicted octanol–water partition coefficient (Wildman–Crippen LogP) is 8.13. The molecule has 7 aromatic heterocycles. The van der Waals surface area contributed by atoms with Gasteiger partial charge in [-0.25, -0.2) is 0 Å². The number of hydrogen-bond acceptors (Lipinski definition) is 6. The molecule has 0 unspecified atom stereocenters. The number of nitrogens with one attached hydrogen (secondary N) is 2. The van der Waals surface area contributed by atoms with Gasteiger partial charge in [-0.05, 0) is 74.2 Å². The minimum absolute atomic E-state index is 0.794. The van der Waals surface area contributed by atoms with Crippen molar-refractivity contribution in [1.29, 1.82) is 0 Å². The molecular formula is C40H30N8. The van der Waals surface area contributed by atoms with Gasteiger partial charge in [0.15, 0.2) is 0 Å². The number of aromatic nitrogens is 8. The predicted molar refractivity (Wildman–Crippen MR) is 189 cm³/mol. The zero-order valence-corrected chi connectivity index (χ0v) is 26.1. The van der Waals surface area contributed by atoms with Gasteiger partial charge in [-0.3, -0.25) is 29.9 Å². The average molecular weight is 623 g/mol. The van der Waals surface area contributed by atoms with Crippen LogP contribution in [0.25, 0.3) is 66.6 Å². The minimum atomic E-state index is 0.794. The summed E-state index contributed by atoms with van der Waals surface area (Å²) in [5.74, 6) is 0. The van der Waals surface area contributed by atoms with Gasteiger partial charge in [0.05, 0.1) is 22.8 Å². The summed E-state index contributed by atoms with van der Waals surface area (Å²) in [6.07, 6.45) is 18.1. The lowest BCUT2D eigenvalue weighted by atomic mass is 10.0. The Morgan fingerprint density at radius 3 is 0.854 bits per heavy atom. The van der Waals surface area contributed by atoms with E-state index in [1.807, 2.05) is 73.8 Å². The molecule has 230 valence electrons. The highest BCUT2D eigenvalue weighted by atomic mass is 14.8. The SMILES string of the molecule is c1cncc(-c2c3nc(c(-c4cccnc4)c4ccc([nH]4)c(-c4cccnc4)c4nc(c(-c5cccnc5)c5ccc2[nH]5)CC4)CC3)c1. The maximum Gasteiger partial charge on any atom is 0.0510 e. The van der Waals surface area contributed by atoms with Crippen LogP contribution in [0.5, 0.6) is 0 Å². The van der Waals surface area contributed by atoms with Gasteiger partial charge in [0.2, 0.25) is 0 Å². The third-order valence-corrected chi connectivity index (χ3v) is 9.14. The molecule has 0 fully saturated rings. The lowest BCUT2D eigenvalue weighted by Crippen LogP contribution is -1.90. The van der Waals surface area contributed by atoms with Crippen LogP contribution in [0.15, 0.2) is 122 Å². The number of hydrogen-bond donors (Lipinski definition) is 2. The zero-order valence-electron chi connectivity index (χ0n) is 26.1. The Balaban J connectivity index is 1.47. The topological polar surface area (TPSA) is 109 Å². The largest absolute Gasteiger partial charge is 0.354 e. The summed E-state index contributed by atoms with van der Waals surface area (Å²) >= 11 is 0. The van der Waals surface area contributed by atoms with Gasteiger partial charge in [-0.15, -0.1) is 0 Å². The van der Waals surface area contributed by atoms with Crippen molar-refractivity contribution in [1.82, 2.24) is 39.9 Å². The zero-order chi connectivity index (χ0) is 31.9. The van der Waals surface area contributed by atoms with Gasteiger partial charge in [0.25, 0.3) is 0 Å². The van der Waals surface area contributed by atoms with Gasteiger partial charge < -0.3 is 9.97 Å². The molecule has 9 heterocycles. The summed E-state index contributed by atoms with van der Waals surface area (Å²) < 4.78 is 0. The first kappa shape index (κ1) is 28.0. The second-order valence-electron chi connectivity index (χ2n) is 12.0. The van der Waals surface area contributed by atoms with E-state index in [1.54, 1.807) is 0 Å². The number of fused-ring (bicyclic) bond motifs is 8. The monoisotopic (exact) mass is 622 g/mol. The van der Waals surface area contributed by atoms with Crippen molar-refractivity contribution in [2.24, 2.45) is 0 Å². The standard InChI is InChI=1S/C40H30N8/c1-5-25(21-41-17-1)37-29-9-11-31(45-29)38(26-6-2-18-42-22-26)33-13-15-35(47-33)40(28-8-4-20-44-24-28)36-16-14-34(48-36)39(27-7-3-19-43-23-27)32-12-10-30(37)46-32/h1-9,11,14,16-24,45,48H,10,12-13,15H2. The van der Waals surface area contributed by atoms with Crippen LogP contribution in [-0.4, -0.2) is 39.9 Å². The van der Waals surface area contributed by atoms with E-state index in [1.165, 1.54) is 0 Å². The van der Waals surface area contributed by atoms with E-state index in [9.17, 15) is 0 Å². The van der Waals surface area contributed by atoms with E-state index in [4.69, 9.17) is 9.97 Å². The molecule has 0 saturated heterocycles. The van der Waals surface area contributed by atoms with E-state index < -0.39 is 0 Å². The molecule has 0 radical (unpaired) electrons. The van der Waals surface area contributed by atoms with E-state index >= 15 is 0 Å². The first-order chi connectivity index (χ1) is 23.8. The van der Waals surface area contributed by atoms with E-state index in [-0.39, 0.29) is 0 Å². The normalized spacial score (nSPS) is 12.7. The molecule has 48 heavy (non-hydrogen) atoms. The van der Waals surface area contributed by atoms with Crippen molar-refractivity contribution in [2.75, 3.05) is 0 Å². The molecule has 0 aromatic carbocycles. The molecule has 2 aliphatic rings. The van der Waals surface area contributed by atoms with Crippen LogP contribution >= 0.6 is 0 Å². The molecular weight excluding hydrogens is 592 g/mol. The summed E-state index contributed by atoms with van der Waals surface area (Å²) in [6, 6.07) is 25.0. The van der Waals surface area contributed by atoms with Gasteiger partial charge in [-0.2, -0.15) is 0 Å². The van der Waals surface area contributed by atoms with Crippen molar-refractivity contribution in [3.63, 3.8) is 0 Å². The van der Waals surface area contributed by atoms with Crippen molar-refractivity contribution in [2.45, 2.75) is 25.7 Å². The third-order valence-electron chi connectivity index (χ3n) is 9.14. The van der Waals surface area contributed by atoms with Crippen molar-refractivity contribution in [3.05, 3.63) is 145 Å². The molecule has 2 N–H and O–H groups in total. The minimum Gasteiger partial charge on any atom is -0.354 e. The summed E-state index contributed by atoms with van der Waals surface area (Å²) in [5.41, 5.74) is 16.3. The van der Waals surface area contributed by atoms with Gasteiger partial charge in [0.1, 0.15) is 0 Å². The van der Waals surface area contributed by atoms with Crippen LogP contribution in [0, 0.1) is 0 Å². The van der Waals surface area contributed by atoms with Crippen LogP contribution in [0.3, 0.4) is 0 Å². The molecule has 0 atom stereocenters. The Labute approximate surface area is 276 Å². The van der Waals surface area contributed by atoms with Gasteiger partial charge in [0, 0.05) is 116 Å². The van der Waals surface area contributed by atoms with Crippen LogP contribution in [0.4, 0.5) is 0 Å². The molecule has 8 nitrogen and oxygen atoms in total. The third kappa shape index (κ3) is 4.95. The summed E-state index contributed by atoms with van der Waals surface area (Å²) in [7, 11) is 0. The lowest BCUT2D eigenvalue weighted by molar-refractivity contribution is 1.03. The Bertz CT molecular complexity index is 2100. The fourth-order valence-electron chi connectivity index (χ4n) is 7.07. The molecule has 2 aliphatic heterocycles. The lowest BCUT2D eigenvalue weighted by Gasteiger charge is -2.06. The Morgan fingerprint density at radius 2 is 0.625 bits per heavy atom. The van der Waals surface area contributed by atoms with Crippen LogP contribution < -0.4 is 0 Å². The maximum atomic E-state index is 5.40. The van der Waals surface area contributed by atoms with E-state index in [2.05, 4.69) is 78.4 Å². The molecule has 9 rings (SSSR count). The van der Waals surface area contributed by atoms with Crippen LogP contribution in [-0.2, 0) is 25.7 Å². The molecule has 8 heteroatoms. The highest BCUT2D eigenvalue weighted by molar-refractivity contribution is 5.91. The van der Waals surface area contributed by atoms with Crippen molar-refractivity contribution in [3.8, 4) is 44.5 Å². The number of aryl methyl sites for hydroxylation is 4. The summed E-state index contributed by atoms with van der Waals surface area (Å²) in [6.45, 7) is 0. The summed E-state index contributed by atoms with van der Waals surface area (Å²) in [5, 5.41) is 0. The highest BCUT2D eigenvalue weighted by Crippen LogP contribution is 2.37. The number of rotatable bonds is 4. The molecule has 7 aromatic rings. The second-order valence-corrected chi connectivity index (χ2v) is 12.0. The highest BCUT2D eigenvalue weighted by Gasteiger charge is 2.22. The smallest absolute Gasteiger partial charge is 0.0510 e. The maximum absolute atomic E-state index is 5.40. The fraction of sp³-hybridized carbons (Fsp3) is 0.100. The van der Waals surface area contributed by atoms with E-state index in [0.29, 0.717) is 0 Å². The quantitative estimate of drug-likeness (QED) is 0.205. The van der Waals surface area contributed by atoms with Crippen molar-refractivity contribution < 1.29 is 0 Å². The number of nitrogens with zero attached hydrogens (tertiary/aromatic N) is 6. The molecule has 0 spiro atoms. The van der Waals surface area contributed by atoms with Gasteiger partial charge >= 0.3 is 0 Å². The first-order valence-electron chi connectivity index (χ1n) is 16.2. The Hall–Kier alpha value is -6.28. The average Bonchev–Trinajstić information content (AvgIpc) is 3.98. The second kappa shape index (κ2) is 11.8. The summed E-state index contributed by atoms with van der Waals surface area (Å²) in [4.78, 5) is 36.3. The molecule has 0 aliphatic carbocycles.